The second-order valence-corrected chi connectivity index (χ2v) is 12.0. The maximum Gasteiger partial charge on any atom is 0.243 e. The van der Waals surface area contributed by atoms with Crippen LogP contribution < -0.4 is 16.0 Å². The Morgan fingerprint density at radius 2 is 1.70 bits per heavy atom. The van der Waals surface area contributed by atoms with Gasteiger partial charge < -0.3 is 26.0 Å². The van der Waals surface area contributed by atoms with Gasteiger partial charge in [-0.3, -0.25) is 14.2 Å². The van der Waals surface area contributed by atoms with E-state index in [0.717, 1.165) is 31.4 Å². The van der Waals surface area contributed by atoms with Gasteiger partial charge in [0.1, 0.15) is 12.1 Å². The van der Waals surface area contributed by atoms with Crippen LogP contribution in [0.15, 0.2) is 30.3 Å². The van der Waals surface area contributed by atoms with Crippen LogP contribution in [-0.4, -0.2) is 58.9 Å². The van der Waals surface area contributed by atoms with Gasteiger partial charge in [-0.25, -0.2) is 0 Å². The normalized spacial score (nSPS) is 19.2. The molecule has 1 unspecified atom stereocenters. The van der Waals surface area contributed by atoms with Crippen molar-refractivity contribution in [3.63, 3.8) is 0 Å². The van der Waals surface area contributed by atoms with Crippen molar-refractivity contribution in [3.8, 4) is 0 Å². The van der Waals surface area contributed by atoms with Crippen molar-refractivity contribution >= 4 is 24.9 Å². The predicted molar refractivity (Wildman–Crippen MR) is 131 cm³/mol. The van der Waals surface area contributed by atoms with Crippen molar-refractivity contribution in [3.05, 3.63) is 30.3 Å². The molecule has 2 rings (SSSR count). The maximum atomic E-state index is 12.7. The molecule has 186 valence electrons. The molecule has 0 spiro atoms. The van der Waals surface area contributed by atoms with E-state index in [1.165, 1.54) is 6.42 Å². The molecule has 0 radical (unpaired) electrons. The molecule has 33 heavy (non-hydrogen) atoms. The number of carbonyl (C=O) groups excluding carboxylic acids is 2. The summed E-state index contributed by atoms with van der Waals surface area (Å²) in [5, 5.41) is 18.7. The van der Waals surface area contributed by atoms with Gasteiger partial charge >= 0.3 is 0 Å². The summed E-state index contributed by atoms with van der Waals surface area (Å²) in [6.07, 6.45) is 4.17. The van der Waals surface area contributed by atoms with Crippen LogP contribution in [-0.2, 0) is 14.2 Å². The summed E-state index contributed by atoms with van der Waals surface area (Å²) in [5.74, 6) is -0.524. The number of nitrogens with one attached hydrogen (secondary N) is 3. The highest BCUT2D eigenvalue weighted by atomic mass is 31.2. The summed E-state index contributed by atoms with van der Waals surface area (Å²) in [6, 6.07) is 8.05. The molecule has 0 aromatic heterocycles. The lowest BCUT2D eigenvalue weighted by Crippen LogP contribution is -2.52. The molecule has 1 fully saturated rings. The van der Waals surface area contributed by atoms with E-state index in [9.17, 15) is 24.2 Å². The first-order valence-corrected chi connectivity index (χ1v) is 14.0. The van der Waals surface area contributed by atoms with Crippen molar-refractivity contribution in [1.82, 2.24) is 10.6 Å². The van der Waals surface area contributed by atoms with E-state index < -0.39 is 31.5 Å². The summed E-state index contributed by atoms with van der Waals surface area (Å²) in [7, 11) is -3.46. The van der Waals surface area contributed by atoms with E-state index >= 15 is 0 Å². The van der Waals surface area contributed by atoms with E-state index in [1.54, 1.807) is 6.92 Å². The Labute approximate surface area is 197 Å². The van der Waals surface area contributed by atoms with E-state index in [1.807, 2.05) is 44.2 Å². The lowest BCUT2D eigenvalue weighted by Gasteiger charge is -2.26. The molecular weight excluding hydrogens is 441 g/mol. The predicted octanol–water partition coefficient (Wildman–Crippen LogP) is 2.96. The number of benzene rings is 1. The van der Waals surface area contributed by atoms with Crippen LogP contribution in [0, 0.1) is 11.8 Å². The monoisotopic (exact) mass is 481 g/mol. The molecule has 1 aliphatic rings. The van der Waals surface area contributed by atoms with Gasteiger partial charge in [-0.15, -0.1) is 0 Å². The first-order valence-electron chi connectivity index (χ1n) is 12.0. The lowest BCUT2D eigenvalue weighted by molar-refractivity contribution is -0.129. The second kappa shape index (κ2) is 13.1. The standard InChI is InChI=1S/C24H40N3O5P/c1-17(2)22(27-20-12-8-5-9-13-20)24(30)26-18(3)23(29)25-14-21(28)16-33(31,32)15-19-10-6-4-7-11-19/h5,8-9,12-13,17-19,21-22,27-28H,4,6-7,10-11,14-16H2,1-3H3,(H,25,29)(H,26,30)(H,31,32)/t18-,21+,22-/m0/s1. The number of anilines is 1. The second-order valence-electron chi connectivity index (χ2n) is 9.58. The molecule has 1 aromatic carbocycles. The number of amides is 2. The quantitative estimate of drug-likeness (QED) is 0.292. The first-order chi connectivity index (χ1) is 15.6. The van der Waals surface area contributed by atoms with E-state index in [0.29, 0.717) is 0 Å². The van der Waals surface area contributed by atoms with Gasteiger partial charge in [-0.05, 0) is 43.7 Å². The molecule has 9 heteroatoms. The first kappa shape index (κ1) is 27.4. The van der Waals surface area contributed by atoms with Gasteiger partial charge in [0.15, 0.2) is 0 Å². The van der Waals surface area contributed by atoms with E-state index in [2.05, 4.69) is 16.0 Å². The SMILES string of the molecule is CC(C)[C@H](Nc1ccccc1)C(=O)N[C@@H](C)C(=O)NC[C@@H](O)CP(=O)(O)CC1CCCCC1. The highest BCUT2D eigenvalue weighted by molar-refractivity contribution is 7.58. The van der Waals surface area contributed by atoms with Gasteiger partial charge in [0, 0.05) is 18.4 Å². The zero-order valence-electron chi connectivity index (χ0n) is 20.0. The number of para-hydroxylation sites is 1. The third-order valence-electron chi connectivity index (χ3n) is 6.07. The Kier molecular flexibility index (Phi) is 10.9. The Morgan fingerprint density at radius 1 is 1.06 bits per heavy atom. The van der Waals surface area contributed by atoms with Crippen molar-refractivity contribution in [2.24, 2.45) is 11.8 Å². The van der Waals surface area contributed by atoms with Crippen molar-refractivity contribution in [1.29, 1.82) is 0 Å². The number of aliphatic hydroxyl groups excluding tert-OH is 1. The lowest BCUT2D eigenvalue weighted by atomic mass is 9.91. The number of carbonyl (C=O) groups is 2. The summed E-state index contributed by atoms with van der Waals surface area (Å²) in [5.41, 5.74) is 0.813. The molecule has 1 saturated carbocycles. The average molecular weight is 482 g/mol. The van der Waals surface area contributed by atoms with Crippen molar-refractivity contribution in [2.45, 2.75) is 71.1 Å². The summed E-state index contributed by atoms with van der Waals surface area (Å²) in [6.45, 7) is 5.27. The molecule has 1 aromatic rings. The van der Waals surface area contributed by atoms with Gasteiger partial charge in [-0.2, -0.15) is 0 Å². The van der Waals surface area contributed by atoms with Crippen LogP contribution in [0.2, 0.25) is 0 Å². The summed E-state index contributed by atoms with van der Waals surface area (Å²) in [4.78, 5) is 35.5. The largest absolute Gasteiger partial charge is 0.391 e. The topological polar surface area (TPSA) is 128 Å². The Morgan fingerprint density at radius 3 is 2.30 bits per heavy atom. The Hall–Kier alpha value is -1.89. The fraction of sp³-hybridized carbons (Fsp3) is 0.667. The highest BCUT2D eigenvalue weighted by Crippen LogP contribution is 2.45. The van der Waals surface area contributed by atoms with Gasteiger partial charge in [-0.1, -0.05) is 51.3 Å². The number of aliphatic hydroxyl groups is 1. The molecule has 0 saturated heterocycles. The molecule has 0 bridgehead atoms. The third kappa shape index (κ3) is 9.86. The number of hydrogen-bond donors (Lipinski definition) is 5. The fourth-order valence-electron chi connectivity index (χ4n) is 4.23. The average Bonchev–Trinajstić information content (AvgIpc) is 2.76. The zero-order chi connectivity index (χ0) is 24.4. The van der Waals surface area contributed by atoms with Crippen LogP contribution >= 0.6 is 7.37 Å². The minimum Gasteiger partial charge on any atom is -0.391 e. The minimum absolute atomic E-state index is 0.00912. The minimum atomic E-state index is -3.46. The molecule has 2 amide bonds. The molecule has 1 aliphatic carbocycles. The van der Waals surface area contributed by atoms with E-state index in [-0.39, 0.29) is 36.6 Å². The maximum absolute atomic E-state index is 12.7. The van der Waals surface area contributed by atoms with Crippen molar-refractivity contribution < 1.29 is 24.2 Å². The smallest absolute Gasteiger partial charge is 0.243 e. The fourth-order valence-corrected chi connectivity index (χ4v) is 6.34. The van der Waals surface area contributed by atoms with Crippen molar-refractivity contribution in [2.75, 3.05) is 24.2 Å². The van der Waals surface area contributed by atoms with E-state index in [4.69, 9.17) is 0 Å². The molecular formula is C24H40N3O5P. The van der Waals surface area contributed by atoms with Crippen LogP contribution in [0.1, 0.15) is 52.9 Å². The van der Waals surface area contributed by atoms with Crippen LogP contribution in [0.3, 0.4) is 0 Å². The molecule has 4 atom stereocenters. The molecule has 5 N–H and O–H groups in total. The number of rotatable bonds is 12. The molecule has 0 aliphatic heterocycles. The molecule has 0 heterocycles. The van der Waals surface area contributed by atoms with Gasteiger partial charge in [0.25, 0.3) is 0 Å². The summed E-state index contributed by atoms with van der Waals surface area (Å²) >= 11 is 0. The van der Waals surface area contributed by atoms with Gasteiger partial charge in [0.2, 0.25) is 19.2 Å². The Balaban J connectivity index is 1.78. The van der Waals surface area contributed by atoms with Gasteiger partial charge in [0.05, 0.1) is 12.3 Å². The van der Waals surface area contributed by atoms with Crippen LogP contribution in [0.5, 0.6) is 0 Å². The number of hydrogen-bond acceptors (Lipinski definition) is 5. The summed E-state index contributed by atoms with van der Waals surface area (Å²) < 4.78 is 12.5. The highest BCUT2D eigenvalue weighted by Gasteiger charge is 2.29. The van der Waals surface area contributed by atoms with Crippen LogP contribution in [0.25, 0.3) is 0 Å². The zero-order valence-corrected chi connectivity index (χ0v) is 20.9. The third-order valence-corrected chi connectivity index (χ3v) is 8.15. The molecule has 8 nitrogen and oxygen atoms in total. The van der Waals surface area contributed by atoms with Crippen LogP contribution in [0.4, 0.5) is 5.69 Å². The Bertz CT molecular complexity index is 799.